The summed E-state index contributed by atoms with van der Waals surface area (Å²) in [6, 6.07) is 10.8. The molecule has 9 heteroatoms. The minimum atomic E-state index is -0.564. The second-order valence-corrected chi connectivity index (χ2v) is 8.63. The van der Waals surface area contributed by atoms with Crippen LogP contribution in [0.4, 0.5) is 21.9 Å². The fourth-order valence-electron chi connectivity index (χ4n) is 4.00. The summed E-state index contributed by atoms with van der Waals surface area (Å²) in [6.45, 7) is 6.66. The molecule has 1 amide bonds. The highest BCUT2D eigenvalue weighted by atomic mass is 16.6. The molecular weight excluding hydrogens is 398 g/mol. The molecule has 1 N–H and O–H groups in total. The Labute approximate surface area is 180 Å². The van der Waals surface area contributed by atoms with Gasteiger partial charge in [0.05, 0.1) is 23.1 Å². The maximum absolute atomic E-state index is 12.7. The van der Waals surface area contributed by atoms with Gasteiger partial charge >= 0.3 is 6.09 Å². The number of amides is 1. The van der Waals surface area contributed by atoms with Crippen molar-refractivity contribution in [3.05, 3.63) is 46.8 Å². The van der Waals surface area contributed by atoms with E-state index in [0.29, 0.717) is 24.5 Å². The van der Waals surface area contributed by atoms with Crippen molar-refractivity contribution < 1.29 is 19.4 Å². The molecular formula is C22H25N5O4. The van der Waals surface area contributed by atoms with Crippen molar-refractivity contribution in [3.8, 4) is 17.2 Å². The van der Waals surface area contributed by atoms with Gasteiger partial charge in [-0.05, 0) is 63.4 Å². The second kappa shape index (κ2) is 7.92. The summed E-state index contributed by atoms with van der Waals surface area (Å²) in [4.78, 5) is 19.3. The molecule has 31 heavy (non-hydrogen) atoms. The summed E-state index contributed by atoms with van der Waals surface area (Å²) in [6.07, 6.45) is 1.34. The smallest absolute Gasteiger partial charge is 0.410 e. The number of para-hydroxylation sites is 2. The molecule has 1 fully saturated rings. The number of likely N-dealkylation sites (tertiary alicyclic amines) is 1. The highest BCUT2D eigenvalue weighted by Crippen LogP contribution is 2.54. The van der Waals surface area contributed by atoms with E-state index >= 15 is 0 Å². The van der Waals surface area contributed by atoms with Crippen LogP contribution in [0, 0.1) is 0 Å². The van der Waals surface area contributed by atoms with E-state index in [4.69, 9.17) is 15.0 Å². The van der Waals surface area contributed by atoms with E-state index in [2.05, 4.69) is 14.9 Å². The Morgan fingerprint density at radius 1 is 1.26 bits per heavy atom. The van der Waals surface area contributed by atoms with Crippen molar-refractivity contribution in [2.45, 2.75) is 45.3 Å². The quantitative estimate of drug-likeness (QED) is 0.363. The Hall–Kier alpha value is -3.58. The summed E-state index contributed by atoms with van der Waals surface area (Å²) in [5.41, 5.74) is 9.81. The SMILES string of the molecule is CC(C)(C)OC(=O)N1CCC[C@H](N2c3ccccc3Oc3c2ccc(N=[N+]=[N-])c3O)C1. The van der Waals surface area contributed by atoms with Crippen molar-refractivity contribution in [2.24, 2.45) is 5.11 Å². The van der Waals surface area contributed by atoms with E-state index < -0.39 is 5.60 Å². The number of rotatable bonds is 2. The number of phenols is 1. The Kier molecular flexibility index (Phi) is 5.29. The lowest BCUT2D eigenvalue weighted by atomic mass is 10.0. The van der Waals surface area contributed by atoms with Gasteiger partial charge in [0.1, 0.15) is 5.60 Å². The molecule has 1 saturated heterocycles. The minimum Gasteiger partial charge on any atom is -0.504 e. The van der Waals surface area contributed by atoms with E-state index in [-0.39, 0.29) is 29.3 Å². The van der Waals surface area contributed by atoms with Crippen molar-refractivity contribution in [1.29, 1.82) is 0 Å². The lowest BCUT2D eigenvalue weighted by Crippen LogP contribution is -2.50. The summed E-state index contributed by atoms with van der Waals surface area (Å²) in [5.74, 6) is 0.602. The molecule has 9 nitrogen and oxygen atoms in total. The Bertz CT molecular complexity index is 1060. The zero-order valence-electron chi connectivity index (χ0n) is 17.8. The van der Waals surface area contributed by atoms with Gasteiger partial charge in [-0.1, -0.05) is 17.2 Å². The van der Waals surface area contributed by atoms with Gasteiger partial charge in [0, 0.05) is 18.0 Å². The first-order valence-corrected chi connectivity index (χ1v) is 10.2. The number of hydrogen-bond acceptors (Lipinski definition) is 6. The van der Waals surface area contributed by atoms with Gasteiger partial charge in [0.15, 0.2) is 17.2 Å². The third kappa shape index (κ3) is 4.04. The third-order valence-corrected chi connectivity index (χ3v) is 5.25. The molecule has 0 saturated carbocycles. The van der Waals surface area contributed by atoms with Crippen LogP contribution in [0.25, 0.3) is 10.4 Å². The second-order valence-electron chi connectivity index (χ2n) is 8.63. The average Bonchev–Trinajstić information content (AvgIpc) is 2.73. The van der Waals surface area contributed by atoms with E-state index in [1.165, 1.54) is 0 Å². The van der Waals surface area contributed by atoms with Crippen molar-refractivity contribution in [1.82, 2.24) is 4.90 Å². The minimum absolute atomic E-state index is 0.0465. The number of azide groups is 1. The molecule has 2 aliphatic rings. The van der Waals surface area contributed by atoms with Crippen LogP contribution in [0.2, 0.25) is 0 Å². The number of anilines is 2. The summed E-state index contributed by atoms with van der Waals surface area (Å²) in [7, 11) is 0. The largest absolute Gasteiger partial charge is 0.504 e. The van der Waals surface area contributed by atoms with Crippen LogP contribution in [0.3, 0.4) is 0 Å². The van der Waals surface area contributed by atoms with E-state index in [9.17, 15) is 9.90 Å². The number of carbonyl (C=O) groups is 1. The van der Waals surface area contributed by atoms with Crippen molar-refractivity contribution in [3.63, 3.8) is 0 Å². The average molecular weight is 423 g/mol. The molecule has 0 aliphatic carbocycles. The van der Waals surface area contributed by atoms with Crippen LogP contribution in [0.15, 0.2) is 41.5 Å². The van der Waals surface area contributed by atoms with E-state index in [0.717, 1.165) is 18.5 Å². The van der Waals surface area contributed by atoms with Gasteiger partial charge < -0.3 is 24.4 Å². The number of benzene rings is 2. The topological polar surface area (TPSA) is 111 Å². The number of fused-ring (bicyclic) bond motifs is 2. The fraction of sp³-hybridized carbons (Fsp3) is 0.409. The molecule has 2 aliphatic heterocycles. The number of phenolic OH excluding ortho intramolecular Hbond substituents is 1. The summed E-state index contributed by atoms with van der Waals surface area (Å²) < 4.78 is 11.5. The standard InChI is InChI=1S/C22H25N5O4/c1-22(2,3)31-21(29)26-12-6-7-14(13-26)27-16-8-4-5-9-18(16)30-20-17(27)11-10-15(19(20)28)24-25-23/h4-5,8-11,14,28H,6-7,12-13H2,1-3H3/t14-/m0/s1. The van der Waals surface area contributed by atoms with Crippen LogP contribution in [0.5, 0.6) is 17.2 Å². The molecule has 0 aromatic heterocycles. The van der Waals surface area contributed by atoms with Crippen LogP contribution in [0.1, 0.15) is 33.6 Å². The molecule has 0 spiro atoms. The van der Waals surface area contributed by atoms with Gasteiger partial charge in [-0.25, -0.2) is 4.79 Å². The first-order valence-electron chi connectivity index (χ1n) is 10.2. The monoisotopic (exact) mass is 423 g/mol. The zero-order valence-corrected chi connectivity index (χ0v) is 17.8. The molecule has 0 unspecified atom stereocenters. The third-order valence-electron chi connectivity index (χ3n) is 5.25. The van der Waals surface area contributed by atoms with E-state index in [1.54, 1.807) is 17.0 Å². The highest BCUT2D eigenvalue weighted by Gasteiger charge is 2.36. The normalized spacial score (nSPS) is 17.7. The molecule has 2 heterocycles. The molecule has 4 rings (SSSR count). The number of aromatic hydroxyl groups is 1. The number of nitrogens with zero attached hydrogens (tertiary/aromatic N) is 5. The summed E-state index contributed by atoms with van der Waals surface area (Å²) >= 11 is 0. The Morgan fingerprint density at radius 2 is 2.03 bits per heavy atom. The van der Waals surface area contributed by atoms with Gasteiger partial charge in [-0.2, -0.15) is 0 Å². The Balaban J connectivity index is 1.72. The van der Waals surface area contributed by atoms with Crippen LogP contribution in [-0.4, -0.2) is 40.8 Å². The number of hydrogen-bond donors (Lipinski definition) is 1. The first kappa shape index (κ1) is 20.7. The zero-order chi connectivity index (χ0) is 22.2. The Morgan fingerprint density at radius 3 is 2.77 bits per heavy atom. The maximum Gasteiger partial charge on any atom is 0.410 e. The maximum atomic E-state index is 12.7. The predicted octanol–water partition coefficient (Wildman–Crippen LogP) is 5.98. The van der Waals surface area contributed by atoms with Crippen LogP contribution >= 0.6 is 0 Å². The fourth-order valence-corrected chi connectivity index (χ4v) is 4.00. The molecule has 1 atom stereocenters. The van der Waals surface area contributed by atoms with Gasteiger partial charge in [0.2, 0.25) is 0 Å². The van der Waals surface area contributed by atoms with Crippen LogP contribution in [-0.2, 0) is 4.74 Å². The number of ether oxygens (including phenoxy) is 2. The van der Waals surface area contributed by atoms with Crippen LogP contribution < -0.4 is 9.64 Å². The first-order chi connectivity index (χ1) is 14.8. The number of piperidine rings is 1. The predicted molar refractivity (Wildman–Crippen MR) is 116 cm³/mol. The van der Waals surface area contributed by atoms with E-state index in [1.807, 2.05) is 45.0 Å². The lowest BCUT2D eigenvalue weighted by molar-refractivity contribution is 0.0200. The lowest BCUT2D eigenvalue weighted by Gasteiger charge is -2.43. The molecule has 2 aromatic rings. The summed E-state index contributed by atoms with van der Waals surface area (Å²) in [5, 5.41) is 14.2. The van der Waals surface area contributed by atoms with Crippen molar-refractivity contribution >= 4 is 23.2 Å². The molecule has 162 valence electrons. The highest BCUT2D eigenvalue weighted by molar-refractivity contribution is 5.84. The van der Waals surface area contributed by atoms with Crippen molar-refractivity contribution in [2.75, 3.05) is 18.0 Å². The molecule has 0 radical (unpaired) electrons. The van der Waals surface area contributed by atoms with Gasteiger partial charge in [-0.3, -0.25) is 0 Å². The number of carbonyl (C=O) groups excluding carboxylic acids is 1. The van der Waals surface area contributed by atoms with Gasteiger partial charge in [0.25, 0.3) is 0 Å². The molecule has 0 bridgehead atoms. The van der Waals surface area contributed by atoms with Gasteiger partial charge in [-0.15, -0.1) is 0 Å². The molecule has 2 aromatic carbocycles.